The van der Waals surface area contributed by atoms with Crippen molar-refractivity contribution in [2.75, 3.05) is 0 Å². The number of hydrogen-bond acceptors (Lipinski definition) is 2. The van der Waals surface area contributed by atoms with E-state index in [2.05, 4.69) is 0 Å². The molecule has 0 atom stereocenters. The van der Waals surface area contributed by atoms with E-state index in [0.717, 1.165) is 6.07 Å². The van der Waals surface area contributed by atoms with E-state index in [0.29, 0.717) is 11.1 Å². The minimum atomic E-state index is -5.64. The third kappa shape index (κ3) is 5.53. The van der Waals surface area contributed by atoms with Gasteiger partial charge in [0.1, 0.15) is 0 Å². The molecule has 0 radical (unpaired) electrons. The molecule has 0 N–H and O–H groups in total. The van der Waals surface area contributed by atoms with Crippen LogP contribution in [0.4, 0.5) is 22.0 Å². The molecular formula is C19H17F5O2Se. The molecule has 0 spiro atoms. The van der Waals surface area contributed by atoms with E-state index in [1.807, 2.05) is 0 Å². The maximum atomic E-state index is 13.4. The van der Waals surface area contributed by atoms with Gasteiger partial charge in [0.2, 0.25) is 0 Å². The average Bonchev–Trinajstić information content (AvgIpc) is 2.52. The molecule has 0 aromatic heterocycles. The van der Waals surface area contributed by atoms with Crippen LogP contribution in [-0.4, -0.2) is 37.5 Å². The van der Waals surface area contributed by atoms with Crippen LogP contribution in [0.1, 0.15) is 31.1 Å². The Morgan fingerprint density at radius 1 is 0.926 bits per heavy atom. The van der Waals surface area contributed by atoms with Gasteiger partial charge in [0.05, 0.1) is 0 Å². The van der Waals surface area contributed by atoms with E-state index in [-0.39, 0.29) is 10.0 Å². The fraction of sp³-hybridized carbons (Fsp3) is 0.316. The van der Waals surface area contributed by atoms with Gasteiger partial charge in [0, 0.05) is 0 Å². The van der Waals surface area contributed by atoms with Gasteiger partial charge in [0.25, 0.3) is 0 Å². The van der Waals surface area contributed by atoms with Crippen LogP contribution in [0.25, 0.3) is 11.1 Å². The van der Waals surface area contributed by atoms with Crippen molar-refractivity contribution in [2.45, 2.75) is 37.4 Å². The van der Waals surface area contributed by atoms with Crippen LogP contribution in [0.3, 0.4) is 0 Å². The van der Waals surface area contributed by atoms with Crippen molar-refractivity contribution in [2.24, 2.45) is 0 Å². The van der Waals surface area contributed by atoms with Crippen LogP contribution in [0.2, 0.25) is 0 Å². The summed E-state index contributed by atoms with van der Waals surface area (Å²) in [5.74, 6) is -0.783. The quantitative estimate of drug-likeness (QED) is 0.380. The second-order valence-corrected chi connectivity index (χ2v) is 9.18. The Hall–Kier alpha value is -1.92. The van der Waals surface area contributed by atoms with Crippen molar-refractivity contribution in [1.29, 1.82) is 0 Å². The second kappa shape index (κ2) is 7.60. The number of esters is 1. The molecule has 0 aliphatic carbocycles. The molecule has 0 aliphatic heterocycles. The average molecular weight is 451 g/mol. The van der Waals surface area contributed by atoms with Crippen LogP contribution in [0.5, 0.6) is 0 Å². The first-order valence-electron chi connectivity index (χ1n) is 7.86. The van der Waals surface area contributed by atoms with Crippen LogP contribution in [0.15, 0.2) is 48.5 Å². The van der Waals surface area contributed by atoms with E-state index < -0.39 is 37.5 Å². The standard InChI is InChI=1S/C19H17F5O2Se/c1-17(2,3)26-16(25)15-11-13(27-19(23,24)18(20,21)22)9-10-14(15)12-7-5-4-6-8-12/h4-11H,1-3H3. The zero-order chi connectivity index (χ0) is 20.5. The molecule has 2 rings (SSSR count). The molecular weight excluding hydrogens is 434 g/mol. The molecule has 0 fully saturated rings. The van der Waals surface area contributed by atoms with E-state index in [9.17, 15) is 26.7 Å². The molecule has 146 valence electrons. The monoisotopic (exact) mass is 452 g/mol. The minimum absolute atomic E-state index is 0.0477. The molecule has 2 aromatic carbocycles. The molecule has 8 heteroatoms. The Kier molecular flexibility index (Phi) is 6.02. The first-order valence-corrected chi connectivity index (χ1v) is 9.58. The summed E-state index contributed by atoms with van der Waals surface area (Å²) in [6, 6.07) is 12.3. The van der Waals surface area contributed by atoms with Crippen molar-refractivity contribution in [1.82, 2.24) is 0 Å². The Labute approximate surface area is 159 Å². The zero-order valence-electron chi connectivity index (χ0n) is 14.7. The van der Waals surface area contributed by atoms with Crippen LogP contribution < -0.4 is 4.46 Å². The third-order valence-electron chi connectivity index (χ3n) is 3.27. The number of carbonyl (C=O) groups is 1. The zero-order valence-corrected chi connectivity index (χ0v) is 16.4. The molecule has 0 saturated heterocycles. The van der Waals surface area contributed by atoms with Crippen LogP contribution in [-0.2, 0) is 4.74 Å². The van der Waals surface area contributed by atoms with E-state index in [4.69, 9.17) is 4.74 Å². The number of benzene rings is 2. The van der Waals surface area contributed by atoms with Gasteiger partial charge in [-0.15, -0.1) is 0 Å². The topological polar surface area (TPSA) is 26.3 Å². The van der Waals surface area contributed by atoms with Crippen molar-refractivity contribution in [3.63, 3.8) is 0 Å². The molecule has 0 amide bonds. The molecule has 0 aliphatic rings. The van der Waals surface area contributed by atoms with Gasteiger partial charge < -0.3 is 0 Å². The summed E-state index contributed by atoms with van der Waals surface area (Å²) in [7, 11) is 0. The first-order chi connectivity index (χ1) is 12.3. The Balaban J connectivity index is 2.50. The molecule has 27 heavy (non-hydrogen) atoms. The number of alkyl halides is 5. The van der Waals surface area contributed by atoms with E-state index in [1.165, 1.54) is 12.1 Å². The van der Waals surface area contributed by atoms with E-state index in [1.54, 1.807) is 51.1 Å². The Bertz CT molecular complexity index is 811. The van der Waals surface area contributed by atoms with Gasteiger partial charge >= 0.3 is 159 Å². The predicted octanol–water partition coefficient (Wildman–Crippen LogP) is 4.79. The summed E-state index contributed by atoms with van der Waals surface area (Å²) in [6.45, 7) is 4.91. The molecule has 2 aromatic rings. The summed E-state index contributed by atoms with van der Waals surface area (Å²) >= 11 is -2.22. The molecule has 0 unspecified atom stereocenters. The van der Waals surface area contributed by atoms with Crippen LogP contribution >= 0.6 is 0 Å². The number of rotatable bonds is 4. The third-order valence-corrected chi connectivity index (χ3v) is 5.32. The van der Waals surface area contributed by atoms with Gasteiger partial charge in [-0.05, 0) is 0 Å². The summed E-state index contributed by atoms with van der Waals surface area (Å²) in [6.07, 6.45) is -5.64. The molecule has 0 saturated carbocycles. The van der Waals surface area contributed by atoms with Gasteiger partial charge in [-0.3, -0.25) is 0 Å². The van der Waals surface area contributed by atoms with Gasteiger partial charge in [-0.1, -0.05) is 0 Å². The number of ether oxygens (including phenoxy) is 1. The summed E-state index contributed by atoms with van der Waals surface area (Å²) in [4.78, 5) is 7.71. The van der Waals surface area contributed by atoms with Gasteiger partial charge in [0.15, 0.2) is 0 Å². The normalized spacial score (nSPS) is 12.7. The Morgan fingerprint density at radius 2 is 1.52 bits per heavy atom. The fourth-order valence-electron chi connectivity index (χ4n) is 2.16. The van der Waals surface area contributed by atoms with E-state index >= 15 is 0 Å². The Morgan fingerprint density at radius 3 is 2.04 bits per heavy atom. The van der Waals surface area contributed by atoms with Crippen LogP contribution in [0, 0.1) is 0 Å². The van der Waals surface area contributed by atoms with Crippen molar-refractivity contribution < 1.29 is 31.5 Å². The second-order valence-electron chi connectivity index (χ2n) is 6.69. The maximum absolute atomic E-state index is 13.4. The number of carbonyl (C=O) groups excluding carboxylic acids is 1. The number of hydrogen-bond donors (Lipinski definition) is 0. The van der Waals surface area contributed by atoms with Crippen molar-refractivity contribution in [3.05, 3.63) is 54.1 Å². The van der Waals surface area contributed by atoms with Gasteiger partial charge in [-0.25, -0.2) is 0 Å². The number of halogens is 5. The van der Waals surface area contributed by atoms with Gasteiger partial charge in [-0.2, -0.15) is 0 Å². The summed E-state index contributed by atoms with van der Waals surface area (Å²) in [5, 5.41) is 0. The molecule has 0 bridgehead atoms. The van der Waals surface area contributed by atoms with Crippen molar-refractivity contribution in [3.8, 4) is 11.1 Å². The summed E-state index contributed by atoms with van der Waals surface area (Å²) in [5.41, 5.74) is 0.135. The SMILES string of the molecule is CC(C)(C)OC(=O)c1cc([Se]C(F)(F)C(F)(F)F)ccc1-c1ccccc1. The fourth-order valence-corrected chi connectivity index (χ4v) is 3.68. The molecule has 0 heterocycles. The summed E-state index contributed by atoms with van der Waals surface area (Å²) < 4.78 is 69.5. The molecule has 2 nitrogen and oxygen atoms in total. The first kappa shape index (κ1) is 21.4. The predicted molar refractivity (Wildman–Crippen MR) is 93.4 cm³/mol. The van der Waals surface area contributed by atoms with Crippen molar-refractivity contribution >= 4 is 25.4 Å².